The van der Waals surface area contributed by atoms with Gasteiger partial charge in [0, 0.05) is 23.4 Å². The predicted molar refractivity (Wildman–Crippen MR) is 147 cm³/mol. The van der Waals surface area contributed by atoms with E-state index >= 15 is 0 Å². The number of ether oxygens (including phenoxy) is 2. The van der Waals surface area contributed by atoms with Crippen LogP contribution in [-0.4, -0.2) is 7.11 Å². The lowest BCUT2D eigenvalue weighted by Gasteiger charge is -2.30. The average molecular weight is 488 g/mol. The number of methoxy groups -OCH3 is 1. The number of rotatable bonds is 6. The zero-order chi connectivity index (χ0) is 25.2. The molecule has 182 valence electrons. The lowest BCUT2D eigenvalue weighted by molar-refractivity contribution is 0.241. The molecule has 0 aliphatic carbocycles. The molecule has 1 aliphatic rings. The SMILES string of the molecule is COc1cccc2c1-c1cc(-c3ccccc3NCc3ccccc3)ccc1C(c1cccc(F)c1)O2. The van der Waals surface area contributed by atoms with E-state index in [1.165, 1.54) is 17.7 Å². The van der Waals surface area contributed by atoms with Crippen molar-refractivity contribution < 1.29 is 13.9 Å². The van der Waals surface area contributed by atoms with Crippen LogP contribution in [0.1, 0.15) is 22.8 Å². The second kappa shape index (κ2) is 9.82. The monoisotopic (exact) mass is 487 g/mol. The second-order valence-corrected chi connectivity index (χ2v) is 9.07. The molecule has 0 fully saturated rings. The highest BCUT2D eigenvalue weighted by atomic mass is 19.1. The van der Waals surface area contributed by atoms with E-state index < -0.39 is 6.10 Å². The summed E-state index contributed by atoms with van der Waals surface area (Å²) in [5, 5.41) is 3.60. The average Bonchev–Trinajstić information content (AvgIpc) is 2.95. The number of nitrogens with one attached hydrogen (secondary N) is 1. The van der Waals surface area contributed by atoms with E-state index in [1.54, 1.807) is 13.2 Å². The molecule has 6 rings (SSSR count). The van der Waals surface area contributed by atoms with Gasteiger partial charge in [0.05, 0.1) is 12.7 Å². The second-order valence-electron chi connectivity index (χ2n) is 9.07. The lowest BCUT2D eigenvalue weighted by Crippen LogP contribution is -2.16. The summed E-state index contributed by atoms with van der Waals surface area (Å²) in [7, 11) is 1.67. The Morgan fingerprint density at radius 1 is 0.784 bits per heavy atom. The Balaban J connectivity index is 1.46. The van der Waals surface area contributed by atoms with Crippen molar-refractivity contribution in [2.24, 2.45) is 0 Å². The third-order valence-electron chi connectivity index (χ3n) is 6.77. The van der Waals surface area contributed by atoms with Crippen molar-refractivity contribution in [2.45, 2.75) is 12.6 Å². The Bertz CT molecular complexity index is 1560. The van der Waals surface area contributed by atoms with Gasteiger partial charge in [-0.15, -0.1) is 0 Å². The van der Waals surface area contributed by atoms with Crippen molar-refractivity contribution in [3.63, 3.8) is 0 Å². The van der Waals surface area contributed by atoms with Crippen molar-refractivity contribution >= 4 is 5.69 Å². The van der Waals surface area contributed by atoms with Crippen molar-refractivity contribution in [1.29, 1.82) is 0 Å². The molecule has 4 heteroatoms. The van der Waals surface area contributed by atoms with Gasteiger partial charge in [-0.2, -0.15) is 0 Å². The van der Waals surface area contributed by atoms with Crippen LogP contribution in [0.25, 0.3) is 22.3 Å². The van der Waals surface area contributed by atoms with E-state index in [1.807, 2.05) is 48.5 Å². The van der Waals surface area contributed by atoms with Crippen LogP contribution in [0.4, 0.5) is 10.1 Å². The van der Waals surface area contributed by atoms with E-state index in [0.29, 0.717) is 5.75 Å². The first-order valence-electron chi connectivity index (χ1n) is 12.3. The highest BCUT2D eigenvalue weighted by Gasteiger charge is 2.30. The molecule has 1 atom stereocenters. The van der Waals surface area contributed by atoms with E-state index in [0.717, 1.165) is 51.4 Å². The molecule has 0 spiro atoms. The van der Waals surface area contributed by atoms with E-state index in [-0.39, 0.29) is 5.82 Å². The van der Waals surface area contributed by atoms with Gasteiger partial charge in [0.25, 0.3) is 0 Å². The zero-order valence-electron chi connectivity index (χ0n) is 20.4. The fourth-order valence-electron chi connectivity index (χ4n) is 5.00. The van der Waals surface area contributed by atoms with Gasteiger partial charge in [0.1, 0.15) is 23.4 Å². The minimum absolute atomic E-state index is 0.283. The summed E-state index contributed by atoms with van der Waals surface area (Å²) in [5.74, 6) is 1.17. The van der Waals surface area contributed by atoms with Crippen LogP contribution in [-0.2, 0) is 6.54 Å². The van der Waals surface area contributed by atoms with Crippen molar-refractivity contribution in [3.8, 4) is 33.8 Å². The molecule has 5 aromatic rings. The first-order chi connectivity index (χ1) is 18.2. The standard InChI is InChI=1S/C33H26FNO2/c1-36-30-15-8-16-31-32(30)28-20-23(17-18-27(28)33(37-31)24-11-7-12-25(34)19-24)26-13-5-6-14-29(26)35-21-22-9-3-2-4-10-22/h2-20,33,35H,21H2,1H3. The van der Waals surface area contributed by atoms with Crippen molar-refractivity contribution in [3.05, 3.63) is 138 Å². The van der Waals surface area contributed by atoms with Crippen LogP contribution < -0.4 is 14.8 Å². The highest BCUT2D eigenvalue weighted by Crippen LogP contribution is 2.50. The van der Waals surface area contributed by atoms with Gasteiger partial charge in [0.15, 0.2) is 0 Å². The number of benzene rings is 5. The number of hydrogen-bond donors (Lipinski definition) is 1. The van der Waals surface area contributed by atoms with Gasteiger partial charge in [-0.3, -0.25) is 0 Å². The van der Waals surface area contributed by atoms with E-state index in [4.69, 9.17) is 9.47 Å². The van der Waals surface area contributed by atoms with E-state index in [2.05, 4.69) is 53.8 Å². The van der Waals surface area contributed by atoms with Crippen LogP contribution in [0.5, 0.6) is 11.5 Å². The molecule has 0 saturated heterocycles. The molecule has 1 unspecified atom stereocenters. The van der Waals surface area contributed by atoms with Gasteiger partial charge in [-0.25, -0.2) is 4.39 Å². The van der Waals surface area contributed by atoms with Crippen LogP contribution in [0.3, 0.4) is 0 Å². The lowest BCUT2D eigenvalue weighted by atomic mass is 9.86. The smallest absolute Gasteiger partial charge is 0.150 e. The van der Waals surface area contributed by atoms with Gasteiger partial charge < -0.3 is 14.8 Å². The molecule has 1 heterocycles. The van der Waals surface area contributed by atoms with Crippen LogP contribution in [0.2, 0.25) is 0 Å². The first kappa shape index (κ1) is 22.9. The summed E-state index contributed by atoms with van der Waals surface area (Å²) >= 11 is 0. The van der Waals surface area contributed by atoms with Crippen LogP contribution >= 0.6 is 0 Å². The van der Waals surface area contributed by atoms with Crippen LogP contribution in [0, 0.1) is 5.82 Å². The molecule has 37 heavy (non-hydrogen) atoms. The molecule has 5 aromatic carbocycles. The molecular weight excluding hydrogens is 461 g/mol. The molecule has 0 bridgehead atoms. The number of fused-ring (bicyclic) bond motifs is 3. The fourth-order valence-corrected chi connectivity index (χ4v) is 5.00. The summed E-state index contributed by atoms with van der Waals surface area (Å²) in [5.41, 5.74) is 8.12. The maximum atomic E-state index is 14.2. The van der Waals surface area contributed by atoms with Crippen LogP contribution in [0.15, 0.2) is 115 Å². The third kappa shape index (κ3) is 4.43. The minimum Gasteiger partial charge on any atom is -0.496 e. The topological polar surface area (TPSA) is 30.5 Å². The molecule has 0 saturated carbocycles. The zero-order valence-corrected chi connectivity index (χ0v) is 20.4. The largest absolute Gasteiger partial charge is 0.496 e. The van der Waals surface area contributed by atoms with Crippen molar-refractivity contribution in [1.82, 2.24) is 0 Å². The first-order valence-corrected chi connectivity index (χ1v) is 12.3. The molecule has 0 radical (unpaired) electrons. The third-order valence-corrected chi connectivity index (χ3v) is 6.77. The van der Waals surface area contributed by atoms with Gasteiger partial charge in [0.2, 0.25) is 0 Å². The Morgan fingerprint density at radius 3 is 2.43 bits per heavy atom. The molecule has 3 nitrogen and oxygen atoms in total. The summed E-state index contributed by atoms with van der Waals surface area (Å²) < 4.78 is 26.3. The Kier molecular flexibility index (Phi) is 6.07. The number of hydrogen-bond acceptors (Lipinski definition) is 3. The Morgan fingerprint density at radius 2 is 1.59 bits per heavy atom. The summed E-state index contributed by atoms with van der Waals surface area (Å²) in [4.78, 5) is 0. The van der Waals surface area contributed by atoms with Gasteiger partial charge in [-0.05, 0) is 58.7 Å². The number of halogens is 1. The number of anilines is 1. The Labute approximate surface area is 216 Å². The molecular formula is C33H26FNO2. The maximum absolute atomic E-state index is 14.2. The maximum Gasteiger partial charge on any atom is 0.150 e. The highest BCUT2D eigenvalue weighted by molar-refractivity contribution is 5.87. The van der Waals surface area contributed by atoms with E-state index in [9.17, 15) is 4.39 Å². The van der Waals surface area contributed by atoms with Gasteiger partial charge >= 0.3 is 0 Å². The normalized spacial score (nSPS) is 13.7. The molecule has 0 aromatic heterocycles. The fraction of sp³-hybridized carbons (Fsp3) is 0.0909. The Hall–Kier alpha value is -4.57. The minimum atomic E-state index is -0.425. The number of para-hydroxylation sites is 1. The van der Waals surface area contributed by atoms with Crippen molar-refractivity contribution in [2.75, 3.05) is 12.4 Å². The predicted octanol–water partition coefficient (Wildman–Crippen LogP) is 8.26. The summed E-state index contributed by atoms with van der Waals surface area (Å²) in [6.45, 7) is 0.731. The molecule has 1 aliphatic heterocycles. The summed E-state index contributed by atoms with van der Waals surface area (Å²) in [6, 6.07) is 37.5. The van der Waals surface area contributed by atoms with Gasteiger partial charge in [-0.1, -0.05) is 78.9 Å². The quantitative estimate of drug-likeness (QED) is 0.261. The molecule has 1 N–H and O–H groups in total. The molecule has 0 amide bonds. The summed E-state index contributed by atoms with van der Waals surface area (Å²) in [6.07, 6.45) is -0.425.